The Kier molecular flexibility index (Phi) is 10.2. The van der Waals surface area contributed by atoms with Crippen molar-refractivity contribution in [1.82, 2.24) is 10.2 Å². The molecule has 0 aromatic carbocycles. The number of amides is 1. The molecule has 0 fully saturated rings. The van der Waals surface area contributed by atoms with Crippen molar-refractivity contribution in [3.05, 3.63) is 11.8 Å². The molecule has 0 aromatic heterocycles. The van der Waals surface area contributed by atoms with Gasteiger partial charge in [0.25, 0.3) is 6.29 Å². The molecule has 1 amide bonds. The van der Waals surface area contributed by atoms with E-state index in [1.807, 2.05) is 0 Å². The first-order chi connectivity index (χ1) is 14.9. The van der Waals surface area contributed by atoms with Crippen LogP contribution in [0.3, 0.4) is 0 Å². The number of carboxylic acids is 1. The van der Waals surface area contributed by atoms with Gasteiger partial charge < -0.3 is 34.2 Å². The fraction of sp³-hybridized carbons (Fsp3) is 0.588. The van der Waals surface area contributed by atoms with Crippen LogP contribution in [0.15, 0.2) is 16.9 Å². The van der Waals surface area contributed by atoms with Gasteiger partial charge in [-0.1, -0.05) is 22.6 Å². The number of alkyl halides is 1. The molecule has 2 N–H and O–H groups in total. The number of hydrogen-bond acceptors (Lipinski definition) is 12. The van der Waals surface area contributed by atoms with E-state index in [1.165, 1.54) is 6.92 Å². The molecule has 1 aliphatic rings. The quantitative estimate of drug-likeness (QED) is 0.0833. The van der Waals surface area contributed by atoms with Crippen LogP contribution in [0.2, 0.25) is 0 Å². The molecular formula is C17H21IN4O10. The zero-order valence-electron chi connectivity index (χ0n) is 17.4. The SMILES string of the molecule is CC(=O)NC1C(N=[N+]=N)C=C(C(=O)[O-])OC1C(I)C(OC(C)=O)C(OC(C)=O)OC(C)=O. The lowest BCUT2D eigenvalue weighted by Crippen LogP contribution is -2.60. The molecule has 0 spiro atoms. The Bertz CT molecular complexity index is 840. The Morgan fingerprint density at radius 3 is 2.06 bits per heavy atom. The number of carbonyl (C=O) groups is 5. The van der Waals surface area contributed by atoms with E-state index in [1.54, 1.807) is 22.6 Å². The molecule has 0 saturated heterocycles. The van der Waals surface area contributed by atoms with E-state index in [0.29, 0.717) is 0 Å². The van der Waals surface area contributed by atoms with Crippen LogP contribution in [0, 0.1) is 5.53 Å². The lowest BCUT2D eigenvalue weighted by molar-refractivity contribution is -0.304. The second-order valence-electron chi connectivity index (χ2n) is 6.44. The number of nitrogens with one attached hydrogen (secondary N) is 2. The first kappa shape index (κ1) is 27.0. The number of halogens is 1. The molecule has 176 valence electrons. The molecule has 14 nitrogen and oxygen atoms in total. The summed E-state index contributed by atoms with van der Waals surface area (Å²) >= 11 is 1.70. The minimum Gasteiger partial charge on any atom is -0.542 e. The van der Waals surface area contributed by atoms with Crippen molar-refractivity contribution in [2.75, 3.05) is 0 Å². The van der Waals surface area contributed by atoms with E-state index < -0.39 is 70.0 Å². The molecule has 0 saturated carbocycles. The van der Waals surface area contributed by atoms with Gasteiger partial charge >= 0.3 is 17.9 Å². The van der Waals surface area contributed by atoms with E-state index in [4.69, 9.17) is 24.5 Å². The highest BCUT2D eigenvalue weighted by molar-refractivity contribution is 14.1. The standard InChI is InChI=1S/C17H21IN4O10/c1-6(23)20-13-10(21-22-19)5-11(16(27)28)32-14(13)12(18)15(29-7(2)24)17(30-8(3)25)31-9(4)26/h5,10,12-15,17,19H,1-4H3,(H-,20,23,27,28). The van der Waals surface area contributed by atoms with Crippen molar-refractivity contribution in [3.63, 3.8) is 0 Å². The van der Waals surface area contributed by atoms with Crippen LogP contribution in [0.1, 0.15) is 27.7 Å². The molecule has 1 aliphatic heterocycles. The maximum atomic E-state index is 11.8. The second-order valence-corrected chi connectivity index (χ2v) is 7.88. The smallest absolute Gasteiger partial charge is 0.305 e. The summed E-state index contributed by atoms with van der Waals surface area (Å²) in [4.78, 5) is 60.9. The third kappa shape index (κ3) is 7.88. The molecule has 32 heavy (non-hydrogen) atoms. The van der Waals surface area contributed by atoms with Crippen molar-refractivity contribution in [2.45, 2.75) is 62.2 Å². The van der Waals surface area contributed by atoms with Crippen LogP contribution in [0.5, 0.6) is 0 Å². The Hall–Kier alpha value is -3.07. The van der Waals surface area contributed by atoms with Gasteiger partial charge in [0.1, 0.15) is 34.5 Å². The minimum atomic E-state index is -1.72. The van der Waals surface area contributed by atoms with E-state index in [-0.39, 0.29) is 0 Å². The molecule has 0 bridgehead atoms. The van der Waals surface area contributed by atoms with Gasteiger partial charge in [0, 0.05) is 27.7 Å². The van der Waals surface area contributed by atoms with Crippen LogP contribution in [-0.2, 0) is 42.9 Å². The van der Waals surface area contributed by atoms with Crippen LogP contribution in [-0.4, -0.2) is 64.3 Å². The maximum absolute atomic E-state index is 11.8. The van der Waals surface area contributed by atoms with Gasteiger partial charge in [0.05, 0.1) is 3.92 Å². The van der Waals surface area contributed by atoms with Crippen molar-refractivity contribution < 1.29 is 48.0 Å². The number of carbonyl (C=O) groups excluding carboxylic acids is 5. The number of hydrogen-bond donors (Lipinski definition) is 2. The lowest BCUT2D eigenvalue weighted by atomic mass is 9.94. The van der Waals surface area contributed by atoms with Gasteiger partial charge in [-0.05, 0) is 6.08 Å². The predicted molar refractivity (Wildman–Crippen MR) is 107 cm³/mol. The second kappa shape index (κ2) is 12.1. The van der Waals surface area contributed by atoms with Crippen LogP contribution < -0.4 is 15.3 Å². The van der Waals surface area contributed by atoms with Crippen molar-refractivity contribution in [3.8, 4) is 0 Å². The van der Waals surface area contributed by atoms with Gasteiger partial charge in [0.15, 0.2) is 12.1 Å². The molecule has 0 aromatic rings. The summed E-state index contributed by atoms with van der Waals surface area (Å²) in [7, 11) is 0. The van der Waals surface area contributed by atoms with Crippen molar-refractivity contribution in [2.24, 2.45) is 5.11 Å². The van der Waals surface area contributed by atoms with Gasteiger partial charge in [-0.15, -0.1) is 0 Å². The summed E-state index contributed by atoms with van der Waals surface area (Å²) in [6, 6.07) is -2.26. The molecule has 1 rings (SSSR count). The number of esters is 3. The summed E-state index contributed by atoms with van der Waals surface area (Å²) < 4.78 is 19.5. The third-order valence-electron chi connectivity index (χ3n) is 3.83. The molecule has 5 unspecified atom stereocenters. The average Bonchev–Trinajstić information content (AvgIpc) is 2.65. The van der Waals surface area contributed by atoms with Gasteiger partial charge in [-0.2, -0.15) is 0 Å². The zero-order valence-corrected chi connectivity index (χ0v) is 19.6. The van der Waals surface area contributed by atoms with E-state index in [9.17, 15) is 29.1 Å². The average molecular weight is 568 g/mol. The predicted octanol–water partition coefficient (Wildman–Crippen LogP) is -1.37. The first-order valence-electron chi connectivity index (χ1n) is 8.96. The number of ether oxygens (including phenoxy) is 4. The fourth-order valence-corrected chi connectivity index (χ4v) is 3.88. The number of nitrogens with zero attached hydrogens (tertiary/aromatic N) is 2. The Morgan fingerprint density at radius 2 is 1.66 bits per heavy atom. The summed E-state index contributed by atoms with van der Waals surface area (Å²) in [5.74, 6) is -5.51. The van der Waals surface area contributed by atoms with Crippen LogP contribution in [0.25, 0.3) is 0 Å². The van der Waals surface area contributed by atoms with Crippen LogP contribution in [0.4, 0.5) is 0 Å². The van der Waals surface area contributed by atoms with Crippen LogP contribution >= 0.6 is 22.6 Å². The molecule has 5 atom stereocenters. The number of rotatable bonds is 9. The highest BCUT2D eigenvalue weighted by Gasteiger charge is 2.49. The molecule has 15 heteroatoms. The summed E-state index contributed by atoms with van der Waals surface area (Å²) in [5, 5.41) is 17.5. The van der Waals surface area contributed by atoms with E-state index in [0.717, 1.165) is 26.8 Å². The van der Waals surface area contributed by atoms with E-state index in [2.05, 4.69) is 15.3 Å². The lowest BCUT2D eigenvalue weighted by Gasteiger charge is -2.39. The Labute approximate surface area is 195 Å². The normalized spacial score (nSPS) is 21.6. The van der Waals surface area contributed by atoms with Crippen molar-refractivity contribution in [1.29, 1.82) is 5.53 Å². The molecule has 0 radical (unpaired) electrons. The zero-order chi connectivity index (χ0) is 24.6. The monoisotopic (exact) mass is 568 g/mol. The summed E-state index contributed by atoms with van der Waals surface area (Å²) in [5.41, 5.74) is 6.98. The van der Waals surface area contributed by atoms with E-state index >= 15 is 0 Å². The topological polar surface area (TPSA) is 208 Å². The van der Waals surface area contributed by atoms with Gasteiger partial charge in [-0.3, -0.25) is 19.2 Å². The van der Waals surface area contributed by atoms with Gasteiger partial charge in [-0.25, -0.2) is 0 Å². The molecule has 1 heterocycles. The van der Waals surface area contributed by atoms with Crippen molar-refractivity contribution >= 4 is 52.4 Å². The Morgan fingerprint density at radius 1 is 1.12 bits per heavy atom. The molecule has 0 aliphatic carbocycles. The molecular weight excluding hydrogens is 547 g/mol. The largest absolute Gasteiger partial charge is 0.542 e. The number of carboxylic acid groups (broad SMARTS) is 1. The summed E-state index contributed by atoms with van der Waals surface area (Å²) in [6.45, 7) is 4.28. The summed E-state index contributed by atoms with van der Waals surface area (Å²) in [6.07, 6.45) is -3.52. The minimum absolute atomic E-state index is 0.553. The highest BCUT2D eigenvalue weighted by atomic mass is 127. The highest BCUT2D eigenvalue weighted by Crippen LogP contribution is 2.31. The number of aliphatic carboxylic acids is 1. The maximum Gasteiger partial charge on any atom is 0.305 e. The first-order valence-corrected chi connectivity index (χ1v) is 10.2. The fourth-order valence-electron chi connectivity index (χ4n) is 2.80. The Balaban J connectivity index is 3.52. The third-order valence-corrected chi connectivity index (χ3v) is 5.25. The van der Waals surface area contributed by atoms with Gasteiger partial charge in [0.2, 0.25) is 10.8 Å².